The Bertz CT molecular complexity index is 730. The summed E-state index contributed by atoms with van der Waals surface area (Å²) in [4.78, 5) is 16.7. The average Bonchev–Trinajstić information content (AvgIpc) is 2.87. The van der Waals surface area contributed by atoms with E-state index in [4.69, 9.17) is 0 Å². The van der Waals surface area contributed by atoms with Crippen molar-refractivity contribution in [3.63, 3.8) is 0 Å². The maximum Gasteiger partial charge on any atom is 0.187 e. The summed E-state index contributed by atoms with van der Waals surface area (Å²) in [5.74, 6) is 0.0691. The molecule has 0 aliphatic carbocycles. The minimum absolute atomic E-state index is 0.0691. The standard InChI is InChI=1S/C20H21NO/c1-5-7-8-16(6-2)12-19-20(22)13-18(21-19)17-10-9-14(3)15(4)11-17/h5-12H,1,13H2,2-4H3/b8-7-,16-6+,19-12-. The number of hydrogen-bond donors (Lipinski definition) is 0. The Kier molecular flexibility index (Phi) is 5.05. The number of benzene rings is 1. The molecule has 1 aromatic rings. The molecule has 22 heavy (non-hydrogen) atoms. The number of Topliss-reactive ketones (excluding diaryl/α,β-unsaturated/α-hetero) is 1. The van der Waals surface area contributed by atoms with Crippen LogP contribution in [0.1, 0.15) is 30.0 Å². The minimum atomic E-state index is 0.0691. The van der Waals surface area contributed by atoms with E-state index in [1.807, 2.05) is 37.3 Å². The van der Waals surface area contributed by atoms with Gasteiger partial charge in [-0.3, -0.25) is 4.79 Å². The third kappa shape index (κ3) is 3.59. The van der Waals surface area contributed by atoms with Crippen LogP contribution in [0.2, 0.25) is 0 Å². The van der Waals surface area contributed by atoms with Gasteiger partial charge in [0.2, 0.25) is 0 Å². The van der Waals surface area contributed by atoms with E-state index in [2.05, 4.69) is 37.6 Å². The van der Waals surface area contributed by atoms with Crippen LogP contribution < -0.4 is 0 Å². The average molecular weight is 291 g/mol. The molecule has 112 valence electrons. The summed E-state index contributed by atoms with van der Waals surface area (Å²) in [6, 6.07) is 6.20. The van der Waals surface area contributed by atoms with Gasteiger partial charge in [-0.05, 0) is 55.2 Å². The molecule has 1 aromatic carbocycles. The highest BCUT2D eigenvalue weighted by molar-refractivity contribution is 6.21. The third-order valence-electron chi connectivity index (χ3n) is 3.77. The number of carbonyl (C=O) groups excluding carboxylic acids is 1. The Morgan fingerprint density at radius 3 is 2.68 bits per heavy atom. The molecule has 0 radical (unpaired) electrons. The monoisotopic (exact) mass is 291 g/mol. The van der Waals surface area contributed by atoms with Crippen LogP contribution in [0, 0.1) is 13.8 Å². The lowest BCUT2D eigenvalue weighted by atomic mass is 10.0. The van der Waals surface area contributed by atoms with Gasteiger partial charge in [0.25, 0.3) is 0 Å². The predicted octanol–water partition coefficient (Wildman–Crippen LogP) is 4.64. The Hall–Kier alpha value is -2.48. The highest BCUT2D eigenvalue weighted by Gasteiger charge is 2.22. The van der Waals surface area contributed by atoms with E-state index in [1.54, 1.807) is 6.08 Å². The fraction of sp³-hybridized carbons (Fsp3) is 0.200. The topological polar surface area (TPSA) is 29.4 Å². The third-order valence-corrected chi connectivity index (χ3v) is 3.77. The van der Waals surface area contributed by atoms with Crippen molar-refractivity contribution in [1.29, 1.82) is 0 Å². The van der Waals surface area contributed by atoms with Crippen molar-refractivity contribution in [2.24, 2.45) is 4.99 Å². The molecule has 1 aliphatic heterocycles. The SMILES string of the molecule is C=C\C=C/C(/C=C1\N=C(c2ccc(C)c(C)c2)CC1=O)=C\C. The van der Waals surface area contributed by atoms with Gasteiger partial charge in [0, 0.05) is 0 Å². The van der Waals surface area contributed by atoms with Gasteiger partial charge in [-0.1, -0.05) is 43.0 Å². The summed E-state index contributed by atoms with van der Waals surface area (Å²) in [7, 11) is 0. The first-order chi connectivity index (χ1) is 10.5. The number of allylic oxidation sites excluding steroid dienone is 7. The number of rotatable bonds is 4. The second-order valence-electron chi connectivity index (χ2n) is 5.37. The highest BCUT2D eigenvalue weighted by Crippen LogP contribution is 2.22. The van der Waals surface area contributed by atoms with Crippen molar-refractivity contribution >= 4 is 11.5 Å². The molecule has 0 fully saturated rings. The maximum absolute atomic E-state index is 12.2. The largest absolute Gasteiger partial charge is 0.292 e. The van der Waals surface area contributed by atoms with Crippen molar-refractivity contribution in [2.75, 3.05) is 0 Å². The summed E-state index contributed by atoms with van der Waals surface area (Å²) in [5, 5.41) is 0. The minimum Gasteiger partial charge on any atom is -0.292 e. The molecule has 0 aromatic heterocycles. The van der Waals surface area contributed by atoms with Gasteiger partial charge in [-0.15, -0.1) is 0 Å². The molecule has 0 amide bonds. The van der Waals surface area contributed by atoms with E-state index in [0.29, 0.717) is 12.1 Å². The van der Waals surface area contributed by atoms with E-state index < -0.39 is 0 Å². The summed E-state index contributed by atoms with van der Waals surface area (Å²) < 4.78 is 0. The molecule has 0 bridgehead atoms. The second-order valence-corrected chi connectivity index (χ2v) is 5.37. The van der Waals surface area contributed by atoms with E-state index >= 15 is 0 Å². The summed E-state index contributed by atoms with van der Waals surface area (Å²) in [5.41, 5.74) is 5.82. The smallest absolute Gasteiger partial charge is 0.187 e. The van der Waals surface area contributed by atoms with Crippen LogP contribution in [0.5, 0.6) is 0 Å². The Labute approximate surface area is 132 Å². The van der Waals surface area contributed by atoms with Crippen molar-refractivity contribution < 1.29 is 4.79 Å². The van der Waals surface area contributed by atoms with Crippen molar-refractivity contribution in [3.8, 4) is 0 Å². The fourth-order valence-electron chi connectivity index (χ4n) is 2.25. The first-order valence-electron chi connectivity index (χ1n) is 7.40. The van der Waals surface area contributed by atoms with Crippen molar-refractivity contribution in [2.45, 2.75) is 27.2 Å². The fourth-order valence-corrected chi connectivity index (χ4v) is 2.25. The number of hydrogen-bond acceptors (Lipinski definition) is 2. The number of ketones is 1. The van der Waals surface area contributed by atoms with Crippen LogP contribution >= 0.6 is 0 Å². The normalized spacial score (nSPS) is 17.4. The molecule has 2 heteroatoms. The van der Waals surface area contributed by atoms with Crippen LogP contribution in [0.3, 0.4) is 0 Å². The molecule has 0 atom stereocenters. The zero-order valence-electron chi connectivity index (χ0n) is 13.4. The van der Waals surface area contributed by atoms with Crippen molar-refractivity contribution in [3.05, 3.63) is 83.1 Å². The quantitative estimate of drug-likeness (QED) is 0.587. The summed E-state index contributed by atoms with van der Waals surface area (Å²) in [6.45, 7) is 9.74. The van der Waals surface area contributed by atoms with E-state index in [-0.39, 0.29) is 5.78 Å². The molecular weight excluding hydrogens is 270 g/mol. The van der Waals surface area contributed by atoms with Crippen molar-refractivity contribution in [1.82, 2.24) is 0 Å². The lowest BCUT2D eigenvalue weighted by Gasteiger charge is -2.03. The number of nitrogens with zero attached hydrogens (tertiary/aromatic N) is 1. The van der Waals surface area contributed by atoms with E-state index in [1.165, 1.54) is 11.1 Å². The predicted molar refractivity (Wildman–Crippen MR) is 93.3 cm³/mol. The van der Waals surface area contributed by atoms with Gasteiger partial charge in [0.05, 0.1) is 12.1 Å². The highest BCUT2D eigenvalue weighted by atomic mass is 16.1. The number of aliphatic imine (C=N–C) groups is 1. The number of carbonyl (C=O) groups is 1. The maximum atomic E-state index is 12.2. The zero-order valence-corrected chi connectivity index (χ0v) is 13.4. The molecule has 2 rings (SSSR count). The molecule has 0 saturated heterocycles. The van der Waals surface area contributed by atoms with Crippen LogP contribution in [-0.2, 0) is 4.79 Å². The summed E-state index contributed by atoms with van der Waals surface area (Å²) >= 11 is 0. The van der Waals surface area contributed by atoms with Crippen LogP contribution in [0.25, 0.3) is 0 Å². The number of aryl methyl sites for hydroxylation is 2. The van der Waals surface area contributed by atoms with Crippen LogP contribution in [0.15, 0.2) is 71.4 Å². The Morgan fingerprint density at radius 2 is 2.05 bits per heavy atom. The molecular formula is C20H21NO. The van der Waals surface area contributed by atoms with Crippen LogP contribution in [0.4, 0.5) is 0 Å². The molecule has 0 saturated carbocycles. The molecule has 2 nitrogen and oxygen atoms in total. The lowest BCUT2D eigenvalue weighted by molar-refractivity contribution is -0.114. The molecule has 1 aliphatic rings. The summed E-state index contributed by atoms with van der Waals surface area (Å²) in [6.07, 6.45) is 9.62. The van der Waals surface area contributed by atoms with Gasteiger partial charge in [0.1, 0.15) is 5.70 Å². The first kappa shape index (κ1) is 15.9. The lowest BCUT2D eigenvalue weighted by Crippen LogP contribution is -2.01. The van der Waals surface area contributed by atoms with Gasteiger partial charge in [-0.2, -0.15) is 0 Å². The van der Waals surface area contributed by atoms with E-state index in [9.17, 15) is 4.79 Å². The van der Waals surface area contributed by atoms with Crippen LogP contribution in [-0.4, -0.2) is 11.5 Å². The first-order valence-corrected chi connectivity index (χ1v) is 7.40. The Morgan fingerprint density at radius 1 is 1.27 bits per heavy atom. The Balaban J connectivity index is 2.34. The second kappa shape index (κ2) is 6.99. The molecule has 0 N–H and O–H groups in total. The molecule has 0 spiro atoms. The molecule has 0 unspecified atom stereocenters. The van der Waals surface area contributed by atoms with E-state index in [0.717, 1.165) is 16.8 Å². The van der Waals surface area contributed by atoms with Gasteiger partial charge < -0.3 is 0 Å². The van der Waals surface area contributed by atoms with Gasteiger partial charge in [0.15, 0.2) is 5.78 Å². The zero-order chi connectivity index (χ0) is 16.1. The van der Waals surface area contributed by atoms with Gasteiger partial charge in [-0.25, -0.2) is 4.99 Å². The van der Waals surface area contributed by atoms with Gasteiger partial charge >= 0.3 is 0 Å². The molecule has 1 heterocycles.